The number of aromatic nitrogens is 4. The minimum absolute atomic E-state index is 0.0981. The van der Waals surface area contributed by atoms with Gasteiger partial charge in [-0.15, -0.1) is 0 Å². The van der Waals surface area contributed by atoms with Crippen LogP contribution in [0.15, 0.2) is 24.5 Å². The summed E-state index contributed by atoms with van der Waals surface area (Å²) >= 11 is 0. The zero-order valence-electron chi connectivity index (χ0n) is 18.9. The molecule has 0 saturated heterocycles. The number of anilines is 2. The fourth-order valence-electron chi connectivity index (χ4n) is 4.09. The van der Waals surface area contributed by atoms with Gasteiger partial charge in [0.05, 0.1) is 19.0 Å². The summed E-state index contributed by atoms with van der Waals surface area (Å²) in [6.07, 6.45) is 7.76. The predicted octanol–water partition coefficient (Wildman–Crippen LogP) is 3.84. The van der Waals surface area contributed by atoms with Gasteiger partial charge in [0.2, 0.25) is 5.95 Å². The standard InChI is InChI=1S/C23H32N6O3/c1-23(2,31)13-25-22-27-20(24-12-15-8-7-11-17(32-3)19(15)30)18-21(28-22)29(14-26-18)16-9-5-4-6-10-16/h7-8,11,14,16,30-31H,4-6,9-10,12-13H2,1-3H3,(H2,24,25,27,28). The highest BCUT2D eigenvalue weighted by atomic mass is 16.5. The third kappa shape index (κ3) is 4.88. The summed E-state index contributed by atoms with van der Waals surface area (Å²) in [6, 6.07) is 5.75. The lowest BCUT2D eigenvalue weighted by Gasteiger charge is -2.23. The van der Waals surface area contributed by atoms with Crippen molar-refractivity contribution in [1.29, 1.82) is 0 Å². The van der Waals surface area contributed by atoms with Gasteiger partial charge < -0.3 is 30.2 Å². The van der Waals surface area contributed by atoms with E-state index in [1.165, 1.54) is 26.4 Å². The lowest BCUT2D eigenvalue weighted by molar-refractivity contribution is 0.0943. The van der Waals surface area contributed by atoms with E-state index < -0.39 is 5.60 Å². The summed E-state index contributed by atoms with van der Waals surface area (Å²) in [5.41, 5.74) is 1.24. The van der Waals surface area contributed by atoms with Crippen molar-refractivity contribution in [3.63, 3.8) is 0 Å². The molecule has 0 bridgehead atoms. The number of rotatable bonds is 8. The van der Waals surface area contributed by atoms with Crippen molar-refractivity contribution in [2.45, 2.75) is 64.1 Å². The van der Waals surface area contributed by atoms with E-state index in [4.69, 9.17) is 9.72 Å². The number of benzene rings is 1. The highest BCUT2D eigenvalue weighted by Gasteiger charge is 2.22. The summed E-state index contributed by atoms with van der Waals surface area (Å²) in [5, 5.41) is 27.0. The molecule has 4 N–H and O–H groups in total. The summed E-state index contributed by atoms with van der Waals surface area (Å²) in [5.74, 6) is 1.52. The van der Waals surface area contributed by atoms with Crippen molar-refractivity contribution in [1.82, 2.24) is 19.5 Å². The Hall–Kier alpha value is -3.07. The van der Waals surface area contributed by atoms with Crippen molar-refractivity contribution in [3.8, 4) is 11.5 Å². The van der Waals surface area contributed by atoms with E-state index in [-0.39, 0.29) is 5.75 Å². The molecule has 3 aromatic rings. The van der Waals surface area contributed by atoms with Gasteiger partial charge in [0.15, 0.2) is 28.5 Å². The van der Waals surface area contributed by atoms with Gasteiger partial charge in [-0.05, 0) is 32.8 Å². The highest BCUT2D eigenvalue weighted by Crippen LogP contribution is 2.33. The molecule has 1 saturated carbocycles. The Labute approximate surface area is 187 Å². The Bertz CT molecular complexity index is 1070. The van der Waals surface area contributed by atoms with Crippen LogP contribution in [0.4, 0.5) is 11.8 Å². The summed E-state index contributed by atoms with van der Waals surface area (Å²) in [4.78, 5) is 14.0. The molecule has 9 nitrogen and oxygen atoms in total. The number of fused-ring (bicyclic) bond motifs is 1. The molecule has 1 aliphatic carbocycles. The number of hydrogen-bond acceptors (Lipinski definition) is 8. The second kappa shape index (κ2) is 9.20. The van der Waals surface area contributed by atoms with Crippen LogP contribution in [0.25, 0.3) is 11.2 Å². The summed E-state index contributed by atoms with van der Waals surface area (Å²) in [7, 11) is 1.53. The van der Waals surface area contributed by atoms with Crippen molar-refractivity contribution in [3.05, 3.63) is 30.1 Å². The molecule has 172 valence electrons. The highest BCUT2D eigenvalue weighted by molar-refractivity contribution is 5.84. The van der Waals surface area contributed by atoms with Gasteiger partial charge in [0.1, 0.15) is 0 Å². The third-order valence-electron chi connectivity index (χ3n) is 5.82. The SMILES string of the molecule is COc1cccc(CNc2nc(NCC(C)(C)O)nc3c2ncn3C2CCCCC2)c1O. The van der Waals surface area contributed by atoms with Crippen LogP contribution in [0.1, 0.15) is 57.6 Å². The second-order valence-corrected chi connectivity index (χ2v) is 9.00. The first-order chi connectivity index (χ1) is 15.4. The summed E-state index contributed by atoms with van der Waals surface area (Å²) in [6.45, 7) is 4.12. The number of imidazole rings is 1. The van der Waals surface area contributed by atoms with Crippen LogP contribution < -0.4 is 15.4 Å². The monoisotopic (exact) mass is 440 g/mol. The maximum atomic E-state index is 10.4. The van der Waals surface area contributed by atoms with E-state index in [1.807, 2.05) is 18.5 Å². The van der Waals surface area contributed by atoms with Crippen LogP contribution >= 0.6 is 0 Å². The molecular formula is C23H32N6O3. The van der Waals surface area contributed by atoms with Crippen molar-refractivity contribution in [2.24, 2.45) is 0 Å². The van der Waals surface area contributed by atoms with E-state index in [1.54, 1.807) is 19.9 Å². The molecule has 0 radical (unpaired) electrons. The van der Waals surface area contributed by atoms with Gasteiger partial charge in [0, 0.05) is 24.7 Å². The molecule has 0 unspecified atom stereocenters. The molecule has 0 amide bonds. The molecule has 0 atom stereocenters. The first kappa shape index (κ1) is 22.1. The molecule has 2 aromatic heterocycles. The van der Waals surface area contributed by atoms with Crippen molar-refractivity contribution in [2.75, 3.05) is 24.3 Å². The number of methoxy groups -OCH3 is 1. The van der Waals surface area contributed by atoms with Gasteiger partial charge in [-0.3, -0.25) is 0 Å². The first-order valence-electron chi connectivity index (χ1n) is 11.2. The Balaban J connectivity index is 1.67. The fourth-order valence-corrected chi connectivity index (χ4v) is 4.09. The summed E-state index contributed by atoms with van der Waals surface area (Å²) < 4.78 is 7.36. The lowest BCUT2D eigenvalue weighted by Crippen LogP contribution is -2.30. The van der Waals surface area contributed by atoms with Crippen LogP contribution in [0.3, 0.4) is 0 Å². The zero-order chi connectivity index (χ0) is 22.7. The lowest BCUT2D eigenvalue weighted by atomic mass is 9.95. The average molecular weight is 441 g/mol. The maximum Gasteiger partial charge on any atom is 0.226 e. The molecule has 4 rings (SSSR count). The van der Waals surface area contributed by atoms with Crippen LogP contribution in [0.5, 0.6) is 11.5 Å². The molecule has 1 aliphatic rings. The van der Waals surface area contributed by atoms with Crippen molar-refractivity contribution < 1.29 is 14.9 Å². The number of ether oxygens (including phenoxy) is 1. The zero-order valence-corrected chi connectivity index (χ0v) is 18.9. The molecule has 32 heavy (non-hydrogen) atoms. The van der Waals surface area contributed by atoms with Gasteiger partial charge in [-0.25, -0.2) is 4.98 Å². The molecule has 0 spiro atoms. The Morgan fingerprint density at radius 2 is 1.94 bits per heavy atom. The quantitative estimate of drug-likeness (QED) is 0.417. The second-order valence-electron chi connectivity index (χ2n) is 9.00. The normalized spacial score (nSPS) is 15.1. The molecule has 1 aromatic carbocycles. The third-order valence-corrected chi connectivity index (χ3v) is 5.82. The van der Waals surface area contributed by atoms with Gasteiger partial charge in [-0.2, -0.15) is 9.97 Å². The van der Waals surface area contributed by atoms with Crippen LogP contribution in [0.2, 0.25) is 0 Å². The molecule has 9 heteroatoms. The number of aromatic hydroxyl groups is 1. The molecule has 2 heterocycles. The van der Waals surface area contributed by atoms with Crippen LogP contribution in [-0.4, -0.2) is 49.0 Å². The Kier molecular flexibility index (Phi) is 6.36. The number of nitrogens with zero attached hydrogens (tertiary/aromatic N) is 4. The average Bonchev–Trinajstić information content (AvgIpc) is 3.21. The van der Waals surface area contributed by atoms with E-state index in [0.29, 0.717) is 47.7 Å². The first-order valence-corrected chi connectivity index (χ1v) is 11.2. The Morgan fingerprint density at radius 1 is 1.16 bits per heavy atom. The predicted molar refractivity (Wildman–Crippen MR) is 124 cm³/mol. The van der Waals surface area contributed by atoms with Gasteiger partial charge in [-0.1, -0.05) is 31.4 Å². The number of phenols is 1. The smallest absolute Gasteiger partial charge is 0.226 e. The van der Waals surface area contributed by atoms with E-state index in [2.05, 4.69) is 25.2 Å². The van der Waals surface area contributed by atoms with Gasteiger partial charge in [0.25, 0.3) is 0 Å². The largest absolute Gasteiger partial charge is 0.504 e. The topological polar surface area (TPSA) is 117 Å². The molecule has 0 aliphatic heterocycles. The number of hydrogen-bond donors (Lipinski definition) is 4. The maximum absolute atomic E-state index is 10.4. The minimum atomic E-state index is -0.901. The minimum Gasteiger partial charge on any atom is -0.504 e. The number of aliphatic hydroxyl groups is 1. The molecule has 1 fully saturated rings. The van der Waals surface area contributed by atoms with E-state index in [0.717, 1.165) is 18.5 Å². The van der Waals surface area contributed by atoms with Gasteiger partial charge >= 0.3 is 0 Å². The van der Waals surface area contributed by atoms with Crippen molar-refractivity contribution >= 4 is 22.9 Å². The fraction of sp³-hybridized carbons (Fsp3) is 0.522. The number of phenolic OH excluding ortho intramolecular Hbond substituents is 1. The number of nitrogens with one attached hydrogen (secondary N) is 2. The van der Waals surface area contributed by atoms with Crippen LogP contribution in [-0.2, 0) is 6.54 Å². The van der Waals surface area contributed by atoms with E-state index in [9.17, 15) is 10.2 Å². The van der Waals surface area contributed by atoms with E-state index >= 15 is 0 Å². The Morgan fingerprint density at radius 3 is 2.66 bits per heavy atom. The number of para-hydroxylation sites is 1. The molecular weight excluding hydrogens is 408 g/mol. The van der Waals surface area contributed by atoms with Crippen LogP contribution in [0, 0.1) is 0 Å².